The Kier molecular flexibility index (Phi) is 6.17. The van der Waals surface area contributed by atoms with Gasteiger partial charge in [-0.3, -0.25) is 0 Å². The predicted octanol–water partition coefficient (Wildman–Crippen LogP) is 4.86. The number of halogens is 2. The molecule has 0 saturated carbocycles. The Morgan fingerprint density at radius 3 is 2.46 bits per heavy atom. The molecule has 0 saturated heterocycles. The first-order chi connectivity index (χ1) is 11.4. The molecule has 0 aliphatic carbocycles. The van der Waals surface area contributed by atoms with Crippen LogP contribution < -0.4 is 20.1 Å². The molecule has 0 aliphatic rings. The number of hydrogen-bond acceptors (Lipinski definition) is 3. The van der Waals surface area contributed by atoms with Gasteiger partial charge in [0.1, 0.15) is 11.5 Å². The minimum absolute atomic E-state index is 0.420. The highest BCUT2D eigenvalue weighted by atomic mass is 35.5. The molecule has 0 spiro atoms. The van der Waals surface area contributed by atoms with Crippen molar-refractivity contribution in [3.8, 4) is 11.5 Å². The molecular weight excluding hydrogens is 351 g/mol. The van der Waals surface area contributed by atoms with Crippen molar-refractivity contribution in [2.75, 3.05) is 12.4 Å². The molecule has 24 heavy (non-hydrogen) atoms. The van der Waals surface area contributed by atoms with Crippen molar-refractivity contribution in [1.82, 2.24) is 5.32 Å². The molecule has 0 bridgehead atoms. The molecule has 2 amide bonds. The Hall–Kier alpha value is -2.11. The van der Waals surface area contributed by atoms with Gasteiger partial charge in [0.2, 0.25) is 0 Å². The third-order valence-corrected chi connectivity index (χ3v) is 3.85. The van der Waals surface area contributed by atoms with Crippen LogP contribution in [0, 0.1) is 6.92 Å². The van der Waals surface area contributed by atoms with E-state index in [1.807, 2.05) is 6.92 Å². The van der Waals surface area contributed by atoms with Crippen LogP contribution >= 0.6 is 23.2 Å². The summed E-state index contributed by atoms with van der Waals surface area (Å²) in [5.74, 6) is 1.08. The van der Waals surface area contributed by atoms with E-state index in [4.69, 9.17) is 32.7 Å². The van der Waals surface area contributed by atoms with E-state index in [0.29, 0.717) is 27.2 Å². The molecule has 0 heterocycles. The van der Waals surface area contributed by atoms with Crippen LogP contribution in [0.2, 0.25) is 10.0 Å². The van der Waals surface area contributed by atoms with E-state index in [2.05, 4.69) is 10.6 Å². The first kappa shape index (κ1) is 18.2. The van der Waals surface area contributed by atoms with Gasteiger partial charge in [-0.2, -0.15) is 0 Å². The topological polar surface area (TPSA) is 59.6 Å². The van der Waals surface area contributed by atoms with E-state index >= 15 is 0 Å². The van der Waals surface area contributed by atoms with Gasteiger partial charge < -0.3 is 20.1 Å². The van der Waals surface area contributed by atoms with Crippen LogP contribution in [-0.2, 0) is 0 Å². The summed E-state index contributed by atoms with van der Waals surface area (Å²) in [5.41, 5.74) is 1.36. The van der Waals surface area contributed by atoms with Crippen molar-refractivity contribution in [3.63, 3.8) is 0 Å². The average Bonchev–Trinajstić information content (AvgIpc) is 2.52. The molecule has 1 atom stereocenters. The molecule has 1 unspecified atom stereocenters. The Morgan fingerprint density at radius 1 is 1.17 bits per heavy atom. The van der Waals surface area contributed by atoms with Gasteiger partial charge >= 0.3 is 6.03 Å². The van der Waals surface area contributed by atoms with Gasteiger partial charge in [0, 0.05) is 16.1 Å². The fourth-order valence-corrected chi connectivity index (χ4v) is 2.30. The van der Waals surface area contributed by atoms with Crippen LogP contribution in [0.4, 0.5) is 10.5 Å². The van der Waals surface area contributed by atoms with Crippen molar-refractivity contribution < 1.29 is 14.3 Å². The van der Waals surface area contributed by atoms with E-state index in [9.17, 15) is 4.79 Å². The summed E-state index contributed by atoms with van der Waals surface area (Å²) in [7, 11) is 1.51. The zero-order valence-corrected chi connectivity index (χ0v) is 15.0. The number of urea groups is 1. The smallest absolute Gasteiger partial charge is 0.322 e. The highest BCUT2D eigenvalue weighted by Crippen LogP contribution is 2.30. The van der Waals surface area contributed by atoms with Crippen LogP contribution in [-0.4, -0.2) is 19.4 Å². The maximum absolute atomic E-state index is 12.1. The molecular formula is C17H18Cl2N2O3. The number of benzene rings is 2. The number of amides is 2. The van der Waals surface area contributed by atoms with Crippen molar-refractivity contribution in [1.29, 1.82) is 0 Å². The monoisotopic (exact) mass is 368 g/mol. The van der Waals surface area contributed by atoms with Gasteiger partial charge in [0.15, 0.2) is 6.23 Å². The Bertz CT molecular complexity index is 721. The normalized spacial score (nSPS) is 11.5. The lowest BCUT2D eigenvalue weighted by atomic mass is 10.2. The second-order valence-electron chi connectivity index (χ2n) is 5.11. The summed E-state index contributed by atoms with van der Waals surface area (Å²) < 4.78 is 10.8. The Morgan fingerprint density at radius 2 is 1.83 bits per heavy atom. The van der Waals surface area contributed by atoms with Gasteiger partial charge in [-0.15, -0.1) is 0 Å². The van der Waals surface area contributed by atoms with Crippen LogP contribution in [0.5, 0.6) is 11.5 Å². The summed E-state index contributed by atoms with van der Waals surface area (Å²) >= 11 is 11.9. The minimum atomic E-state index is -0.537. The average molecular weight is 369 g/mol. The molecule has 0 aliphatic heterocycles. The van der Waals surface area contributed by atoms with E-state index in [1.54, 1.807) is 43.3 Å². The van der Waals surface area contributed by atoms with Crippen LogP contribution in [0.15, 0.2) is 36.4 Å². The van der Waals surface area contributed by atoms with E-state index in [0.717, 1.165) is 5.56 Å². The lowest BCUT2D eigenvalue weighted by Crippen LogP contribution is -2.39. The number of methoxy groups -OCH3 is 1. The third-order valence-electron chi connectivity index (χ3n) is 3.19. The van der Waals surface area contributed by atoms with Gasteiger partial charge in [-0.05, 0) is 49.7 Å². The molecule has 2 rings (SSSR count). The van der Waals surface area contributed by atoms with Crippen LogP contribution in [0.1, 0.15) is 12.5 Å². The maximum atomic E-state index is 12.1. The minimum Gasteiger partial charge on any atom is -0.495 e. The molecule has 2 N–H and O–H groups in total. The number of carbonyl (C=O) groups is 1. The number of ether oxygens (including phenoxy) is 2. The first-order valence-corrected chi connectivity index (χ1v) is 7.98. The van der Waals surface area contributed by atoms with Crippen molar-refractivity contribution in [3.05, 3.63) is 52.0 Å². The molecule has 5 nitrogen and oxygen atoms in total. The van der Waals surface area contributed by atoms with E-state index in [1.165, 1.54) is 7.11 Å². The zero-order chi connectivity index (χ0) is 17.7. The van der Waals surface area contributed by atoms with Crippen molar-refractivity contribution in [2.24, 2.45) is 0 Å². The quantitative estimate of drug-likeness (QED) is 0.741. The van der Waals surface area contributed by atoms with E-state index < -0.39 is 12.3 Å². The highest BCUT2D eigenvalue weighted by molar-refractivity contribution is 6.31. The molecule has 0 radical (unpaired) electrons. The largest absolute Gasteiger partial charge is 0.495 e. The summed E-state index contributed by atoms with van der Waals surface area (Å²) in [6.45, 7) is 3.57. The fraction of sp³-hybridized carbons (Fsp3) is 0.235. The number of nitrogens with one attached hydrogen (secondary N) is 2. The maximum Gasteiger partial charge on any atom is 0.322 e. The lowest BCUT2D eigenvalue weighted by Gasteiger charge is -2.18. The summed E-state index contributed by atoms with van der Waals surface area (Å²) in [6.07, 6.45) is -0.537. The van der Waals surface area contributed by atoms with Crippen molar-refractivity contribution in [2.45, 2.75) is 20.1 Å². The highest BCUT2D eigenvalue weighted by Gasteiger charge is 2.13. The third kappa shape index (κ3) is 4.94. The number of carbonyl (C=O) groups excluding carboxylic acids is 1. The van der Waals surface area contributed by atoms with Crippen LogP contribution in [0.25, 0.3) is 0 Å². The second-order valence-corrected chi connectivity index (χ2v) is 5.96. The number of hydrogen-bond donors (Lipinski definition) is 2. The molecule has 2 aromatic carbocycles. The predicted molar refractivity (Wildman–Crippen MR) is 96.4 cm³/mol. The summed E-state index contributed by atoms with van der Waals surface area (Å²) in [6, 6.07) is 9.85. The molecule has 2 aromatic rings. The van der Waals surface area contributed by atoms with Gasteiger partial charge in [0.25, 0.3) is 0 Å². The zero-order valence-electron chi connectivity index (χ0n) is 13.5. The Labute approximate surface area is 150 Å². The molecule has 0 fully saturated rings. The SMILES string of the molecule is COc1cc(Cl)c(C)cc1NC(=O)NC(C)Oc1ccc(Cl)cc1. The fourth-order valence-electron chi connectivity index (χ4n) is 2.02. The van der Waals surface area contributed by atoms with Gasteiger partial charge in [-0.25, -0.2) is 4.79 Å². The van der Waals surface area contributed by atoms with Crippen molar-refractivity contribution >= 4 is 34.9 Å². The number of aryl methyl sites for hydroxylation is 1. The lowest BCUT2D eigenvalue weighted by molar-refractivity contribution is 0.183. The molecule has 7 heteroatoms. The van der Waals surface area contributed by atoms with Gasteiger partial charge in [0.05, 0.1) is 12.8 Å². The van der Waals surface area contributed by atoms with Gasteiger partial charge in [-0.1, -0.05) is 23.2 Å². The molecule has 128 valence electrons. The summed E-state index contributed by atoms with van der Waals surface area (Å²) in [4.78, 5) is 12.1. The Balaban J connectivity index is 1.97. The molecule has 0 aromatic heterocycles. The number of rotatable bonds is 5. The number of anilines is 1. The van der Waals surface area contributed by atoms with E-state index in [-0.39, 0.29) is 0 Å². The summed E-state index contributed by atoms with van der Waals surface area (Å²) in [5, 5.41) is 6.59. The standard InChI is InChI=1S/C17H18Cl2N2O3/c1-10-8-15(16(23-3)9-14(10)19)21-17(22)20-11(2)24-13-6-4-12(18)5-7-13/h4-9,11H,1-3H3,(H2,20,21,22). The second kappa shape index (κ2) is 8.13. The first-order valence-electron chi connectivity index (χ1n) is 7.23. The van der Waals surface area contributed by atoms with Crippen LogP contribution in [0.3, 0.4) is 0 Å².